The van der Waals surface area contributed by atoms with Crippen molar-refractivity contribution in [3.63, 3.8) is 0 Å². The Morgan fingerprint density at radius 1 is 1.20 bits per heavy atom. The quantitative estimate of drug-likeness (QED) is 0.464. The molecule has 0 fully saturated rings. The highest BCUT2D eigenvalue weighted by Gasteiger charge is 2.11. The highest BCUT2D eigenvalue weighted by molar-refractivity contribution is 5.98. The number of allylic oxidation sites excluding steroid dienone is 4. The maximum atomic E-state index is 13.7. The van der Waals surface area contributed by atoms with E-state index in [1.54, 1.807) is 6.92 Å². The molecular formula is C13H20FN. The van der Waals surface area contributed by atoms with Crippen molar-refractivity contribution in [3.8, 4) is 0 Å². The van der Waals surface area contributed by atoms with Gasteiger partial charge >= 0.3 is 0 Å². The molecule has 84 valence electrons. The fourth-order valence-corrected chi connectivity index (χ4v) is 1.36. The van der Waals surface area contributed by atoms with Crippen LogP contribution in [-0.4, -0.2) is 5.97 Å². The van der Waals surface area contributed by atoms with Gasteiger partial charge in [0, 0.05) is 11.3 Å². The van der Waals surface area contributed by atoms with Crippen LogP contribution in [0.4, 0.5) is 4.39 Å². The zero-order valence-electron chi connectivity index (χ0n) is 10.2. The van der Waals surface area contributed by atoms with Crippen LogP contribution in [0.2, 0.25) is 0 Å². The normalized spacial score (nSPS) is 11.1. The van der Waals surface area contributed by atoms with Gasteiger partial charge in [0.2, 0.25) is 5.97 Å². The first kappa shape index (κ1) is 13.8. The largest absolute Gasteiger partial charge is 0.225 e. The van der Waals surface area contributed by atoms with E-state index < -0.39 is 5.97 Å². The molecule has 0 spiro atoms. The van der Waals surface area contributed by atoms with E-state index in [9.17, 15) is 4.39 Å². The smallest absolute Gasteiger partial charge is 0.220 e. The minimum absolute atomic E-state index is 0.468. The van der Waals surface area contributed by atoms with Crippen molar-refractivity contribution in [2.24, 2.45) is 4.99 Å². The van der Waals surface area contributed by atoms with E-state index in [0.717, 1.165) is 24.0 Å². The minimum atomic E-state index is -0.471. The van der Waals surface area contributed by atoms with Crippen molar-refractivity contribution in [1.29, 1.82) is 0 Å². The van der Waals surface area contributed by atoms with Crippen LogP contribution in [0.5, 0.6) is 0 Å². The zero-order chi connectivity index (χ0) is 12.0. The van der Waals surface area contributed by atoms with Crippen molar-refractivity contribution in [1.82, 2.24) is 0 Å². The summed E-state index contributed by atoms with van der Waals surface area (Å²) in [4.78, 5) is 3.74. The summed E-state index contributed by atoms with van der Waals surface area (Å²) in [5, 5.41) is 0. The van der Waals surface area contributed by atoms with Gasteiger partial charge in [0.15, 0.2) is 0 Å². The molecule has 0 aromatic rings. The highest BCUT2D eigenvalue weighted by atomic mass is 19.1. The molecule has 0 rings (SSSR count). The van der Waals surface area contributed by atoms with E-state index in [4.69, 9.17) is 0 Å². The van der Waals surface area contributed by atoms with Crippen LogP contribution < -0.4 is 0 Å². The van der Waals surface area contributed by atoms with Crippen LogP contribution in [0.25, 0.3) is 0 Å². The molecule has 0 amide bonds. The number of halogens is 1. The van der Waals surface area contributed by atoms with E-state index in [2.05, 4.69) is 18.2 Å². The van der Waals surface area contributed by atoms with Crippen LogP contribution >= 0.6 is 0 Å². The molecule has 2 heteroatoms. The molecule has 1 nitrogen and oxygen atoms in total. The molecule has 0 saturated carbocycles. The fourth-order valence-electron chi connectivity index (χ4n) is 1.36. The van der Waals surface area contributed by atoms with Gasteiger partial charge in [0.25, 0.3) is 0 Å². The van der Waals surface area contributed by atoms with Crippen molar-refractivity contribution in [2.45, 2.75) is 40.5 Å². The first-order valence-electron chi connectivity index (χ1n) is 5.15. The van der Waals surface area contributed by atoms with Crippen molar-refractivity contribution in [2.75, 3.05) is 0 Å². The number of hydrogen-bond donors (Lipinski definition) is 0. The van der Waals surface area contributed by atoms with Crippen LogP contribution in [-0.2, 0) is 0 Å². The molecule has 0 aliphatic rings. The summed E-state index contributed by atoms with van der Waals surface area (Å²) in [6.07, 6.45) is 1.75. The molecule has 15 heavy (non-hydrogen) atoms. The van der Waals surface area contributed by atoms with Gasteiger partial charge in [-0.25, -0.2) is 4.99 Å². The minimum Gasteiger partial charge on any atom is -0.225 e. The van der Waals surface area contributed by atoms with E-state index in [0.29, 0.717) is 11.3 Å². The molecule has 0 N–H and O–H groups in total. The Kier molecular flexibility index (Phi) is 5.83. The molecule has 0 bridgehead atoms. The molecule has 0 aliphatic carbocycles. The van der Waals surface area contributed by atoms with Gasteiger partial charge in [-0.05, 0) is 32.8 Å². The number of hydrogen-bond acceptors (Lipinski definition) is 1. The molecule has 0 saturated heterocycles. The molecule has 0 aromatic carbocycles. The Hall–Kier alpha value is -1.18. The Morgan fingerprint density at radius 3 is 2.07 bits per heavy atom. The van der Waals surface area contributed by atoms with Crippen LogP contribution in [0.1, 0.15) is 40.5 Å². The predicted molar refractivity (Wildman–Crippen MR) is 65.8 cm³/mol. The molecule has 0 heterocycles. The van der Waals surface area contributed by atoms with Gasteiger partial charge in [-0.1, -0.05) is 32.1 Å². The third kappa shape index (κ3) is 4.73. The maximum absolute atomic E-state index is 13.7. The second-order valence-electron chi connectivity index (χ2n) is 3.87. The van der Waals surface area contributed by atoms with Crippen LogP contribution in [0, 0.1) is 0 Å². The average molecular weight is 209 g/mol. The standard InChI is InChI=1S/C13H20FN/c1-7-8-11(6)12(9(2)3)13(14)15-10(4)5/h4,6-8H2,1-3,5H3. The van der Waals surface area contributed by atoms with E-state index in [1.165, 1.54) is 0 Å². The number of aliphatic imine (C=N–C) groups is 1. The molecule has 0 unspecified atom stereocenters. The summed E-state index contributed by atoms with van der Waals surface area (Å²) in [5.74, 6) is -0.471. The van der Waals surface area contributed by atoms with Gasteiger partial charge in [-0.15, -0.1) is 0 Å². The van der Waals surface area contributed by atoms with Crippen molar-refractivity contribution in [3.05, 3.63) is 35.6 Å². The second kappa shape index (κ2) is 6.33. The Balaban J connectivity index is 5.11. The number of nitrogens with zero attached hydrogens (tertiary/aromatic N) is 1. The van der Waals surface area contributed by atoms with Crippen LogP contribution in [0.15, 0.2) is 40.6 Å². The van der Waals surface area contributed by atoms with Gasteiger partial charge in [0.05, 0.1) is 0 Å². The van der Waals surface area contributed by atoms with Crippen molar-refractivity contribution < 1.29 is 4.39 Å². The van der Waals surface area contributed by atoms with E-state index in [-0.39, 0.29) is 0 Å². The maximum Gasteiger partial charge on any atom is 0.220 e. The Labute approximate surface area is 92.1 Å². The van der Waals surface area contributed by atoms with E-state index >= 15 is 0 Å². The highest BCUT2D eigenvalue weighted by Crippen LogP contribution is 2.21. The monoisotopic (exact) mass is 209 g/mol. The van der Waals surface area contributed by atoms with E-state index in [1.807, 2.05) is 20.8 Å². The third-order valence-electron chi connectivity index (χ3n) is 1.90. The first-order chi connectivity index (χ1) is 6.90. The Bertz CT molecular complexity index is 317. The van der Waals surface area contributed by atoms with Crippen molar-refractivity contribution >= 4 is 5.97 Å². The molecule has 0 aliphatic heterocycles. The lowest BCUT2D eigenvalue weighted by Crippen LogP contribution is -2.01. The van der Waals surface area contributed by atoms with Gasteiger partial charge in [-0.2, -0.15) is 4.39 Å². The summed E-state index contributed by atoms with van der Waals surface area (Å²) in [6.45, 7) is 14.9. The molecular weight excluding hydrogens is 189 g/mol. The summed E-state index contributed by atoms with van der Waals surface area (Å²) >= 11 is 0. The first-order valence-corrected chi connectivity index (χ1v) is 5.15. The summed E-state index contributed by atoms with van der Waals surface area (Å²) in [7, 11) is 0. The average Bonchev–Trinajstić information content (AvgIpc) is 2.01. The summed E-state index contributed by atoms with van der Waals surface area (Å²) in [6, 6.07) is 0. The second-order valence-corrected chi connectivity index (χ2v) is 3.87. The molecule has 0 radical (unpaired) electrons. The van der Waals surface area contributed by atoms with Gasteiger partial charge in [0.1, 0.15) is 0 Å². The Morgan fingerprint density at radius 2 is 1.73 bits per heavy atom. The lowest BCUT2D eigenvalue weighted by Gasteiger charge is -2.09. The fraction of sp³-hybridized carbons (Fsp3) is 0.462. The summed E-state index contributed by atoms with van der Waals surface area (Å²) < 4.78 is 13.7. The number of rotatable bonds is 5. The topological polar surface area (TPSA) is 12.4 Å². The lowest BCUT2D eigenvalue weighted by molar-refractivity contribution is 0.793. The SMILES string of the molecule is C=C(C)N=C(F)C(C(=C)CCC)=C(C)C. The predicted octanol–water partition coefficient (Wildman–Crippen LogP) is 4.58. The van der Waals surface area contributed by atoms with Gasteiger partial charge in [-0.3, -0.25) is 0 Å². The summed E-state index contributed by atoms with van der Waals surface area (Å²) in [5.41, 5.74) is 2.71. The zero-order valence-corrected chi connectivity index (χ0v) is 10.2. The third-order valence-corrected chi connectivity index (χ3v) is 1.90. The van der Waals surface area contributed by atoms with Gasteiger partial charge < -0.3 is 0 Å². The molecule has 0 aromatic heterocycles. The lowest BCUT2D eigenvalue weighted by atomic mass is 9.99. The van der Waals surface area contributed by atoms with Crippen LogP contribution in [0.3, 0.4) is 0 Å². The molecule has 0 atom stereocenters.